The Morgan fingerprint density at radius 1 is 1.17 bits per heavy atom. The molecule has 0 fully saturated rings. The van der Waals surface area contributed by atoms with Crippen LogP contribution in [-0.2, 0) is 6.42 Å². The summed E-state index contributed by atoms with van der Waals surface area (Å²) >= 11 is 0. The summed E-state index contributed by atoms with van der Waals surface area (Å²) in [7, 11) is 0. The monoisotopic (exact) mass is 239 g/mol. The maximum Gasteiger partial charge on any atom is -0.00671 e. The number of rotatable bonds is 2. The van der Waals surface area contributed by atoms with Gasteiger partial charge in [0.05, 0.1) is 0 Å². The summed E-state index contributed by atoms with van der Waals surface area (Å²) in [6.07, 6.45) is 3.25. The normalized spacial score (nSPS) is 10.9. The zero-order chi connectivity index (χ0) is 13.5. The molecule has 0 unspecified atom stereocenters. The van der Waals surface area contributed by atoms with Gasteiger partial charge in [-0.2, -0.15) is 0 Å². The van der Waals surface area contributed by atoms with Crippen LogP contribution in [0.25, 0.3) is 10.8 Å². The van der Waals surface area contributed by atoms with Crippen molar-refractivity contribution in [2.45, 2.75) is 27.2 Å². The molecule has 18 heavy (non-hydrogen) atoms. The molecule has 0 saturated heterocycles. The van der Waals surface area contributed by atoms with Crippen LogP contribution in [0.4, 0.5) is 0 Å². The van der Waals surface area contributed by atoms with Crippen molar-refractivity contribution in [1.29, 1.82) is 5.41 Å². The number of nitrogens with one attached hydrogen (secondary N) is 1. The maximum atomic E-state index is 5.50. The van der Waals surface area contributed by atoms with Gasteiger partial charge < -0.3 is 5.41 Å². The molecule has 1 N–H and O–H groups in total. The fraction of sp³-hybridized carbons (Fsp3) is 0.235. The Labute approximate surface area is 110 Å². The standard InChI is InChI=1S/C16H18.CH3N/c1-4-12(2)9-16-11-15-8-6-5-7-14(15)10-13(16)3;1-2/h4-8,10-11H,9H2,1-3H3;2H,1H2/b12-4+;. The lowest BCUT2D eigenvalue weighted by Crippen LogP contribution is -1.91. The number of aryl methyl sites for hydroxylation is 1. The van der Waals surface area contributed by atoms with E-state index >= 15 is 0 Å². The van der Waals surface area contributed by atoms with Crippen molar-refractivity contribution in [2.24, 2.45) is 0 Å². The molecule has 0 heterocycles. The van der Waals surface area contributed by atoms with Crippen LogP contribution < -0.4 is 0 Å². The second kappa shape index (κ2) is 6.75. The minimum atomic E-state index is 1.06. The Balaban J connectivity index is 0.000000771. The van der Waals surface area contributed by atoms with E-state index in [1.807, 2.05) is 0 Å². The third-order valence-electron chi connectivity index (χ3n) is 3.17. The van der Waals surface area contributed by atoms with Crippen LogP contribution in [0.1, 0.15) is 25.0 Å². The fourth-order valence-corrected chi connectivity index (χ4v) is 1.99. The topological polar surface area (TPSA) is 23.9 Å². The molecule has 2 aromatic rings. The average molecular weight is 239 g/mol. The van der Waals surface area contributed by atoms with Crippen LogP contribution in [0.2, 0.25) is 0 Å². The highest BCUT2D eigenvalue weighted by Gasteiger charge is 2.01. The Morgan fingerprint density at radius 3 is 2.28 bits per heavy atom. The van der Waals surface area contributed by atoms with Crippen LogP contribution in [0.3, 0.4) is 0 Å². The highest BCUT2D eigenvalue weighted by Crippen LogP contribution is 2.21. The molecule has 0 aliphatic heterocycles. The molecular weight excluding hydrogens is 218 g/mol. The number of allylic oxidation sites excluding steroid dienone is 2. The summed E-state index contributed by atoms with van der Waals surface area (Å²) in [6, 6.07) is 13.2. The molecule has 1 heteroatoms. The second-order valence-corrected chi connectivity index (χ2v) is 4.44. The first-order valence-corrected chi connectivity index (χ1v) is 6.16. The summed E-state index contributed by atoms with van der Waals surface area (Å²) in [5, 5.41) is 8.17. The van der Waals surface area contributed by atoms with Gasteiger partial charge >= 0.3 is 0 Å². The van der Waals surface area contributed by atoms with Gasteiger partial charge in [0.1, 0.15) is 0 Å². The summed E-state index contributed by atoms with van der Waals surface area (Å²) in [4.78, 5) is 0. The van der Waals surface area contributed by atoms with E-state index in [4.69, 9.17) is 5.41 Å². The van der Waals surface area contributed by atoms with E-state index < -0.39 is 0 Å². The fourth-order valence-electron chi connectivity index (χ4n) is 1.99. The number of hydrogen-bond acceptors (Lipinski definition) is 1. The minimum absolute atomic E-state index is 1.06. The molecule has 2 aromatic carbocycles. The lowest BCUT2D eigenvalue weighted by atomic mass is 9.97. The summed E-state index contributed by atoms with van der Waals surface area (Å²) in [5.41, 5.74) is 4.26. The Morgan fingerprint density at radius 2 is 1.72 bits per heavy atom. The molecule has 0 bridgehead atoms. The van der Waals surface area contributed by atoms with Gasteiger partial charge in [-0.1, -0.05) is 48.0 Å². The summed E-state index contributed by atoms with van der Waals surface area (Å²) < 4.78 is 0. The predicted molar refractivity (Wildman–Crippen MR) is 81.7 cm³/mol. The summed E-state index contributed by atoms with van der Waals surface area (Å²) in [6.45, 7) is 8.99. The molecule has 0 amide bonds. The Bertz CT molecular complexity index is 553. The highest BCUT2D eigenvalue weighted by atomic mass is 14.2. The molecule has 0 atom stereocenters. The minimum Gasteiger partial charge on any atom is -0.317 e. The van der Waals surface area contributed by atoms with Crippen molar-refractivity contribution in [2.75, 3.05) is 0 Å². The van der Waals surface area contributed by atoms with E-state index in [1.165, 1.54) is 27.5 Å². The number of hydrogen-bond donors (Lipinski definition) is 1. The van der Waals surface area contributed by atoms with Crippen molar-refractivity contribution < 1.29 is 0 Å². The predicted octanol–water partition coefficient (Wildman–Crippen LogP) is 4.92. The van der Waals surface area contributed by atoms with Gasteiger partial charge in [-0.05, 0) is 55.8 Å². The molecule has 0 aliphatic rings. The summed E-state index contributed by atoms with van der Waals surface area (Å²) in [5.74, 6) is 0. The Hall–Kier alpha value is -1.89. The molecule has 1 nitrogen and oxygen atoms in total. The van der Waals surface area contributed by atoms with Gasteiger partial charge in [-0.25, -0.2) is 0 Å². The van der Waals surface area contributed by atoms with E-state index in [9.17, 15) is 0 Å². The van der Waals surface area contributed by atoms with Gasteiger partial charge in [0.25, 0.3) is 0 Å². The first-order valence-electron chi connectivity index (χ1n) is 6.16. The van der Waals surface area contributed by atoms with Crippen LogP contribution in [0.15, 0.2) is 48.0 Å². The van der Waals surface area contributed by atoms with Gasteiger partial charge in [0.2, 0.25) is 0 Å². The quantitative estimate of drug-likeness (QED) is 0.568. The van der Waals surface area contributed by atoms with Gasteiger partial charge in [0.15, 0.2) is 0 Å². The number of benzene rings is 2. The second-order valence-electron chi connectivity index (χ2n) is 4.44. The van der Waals surface area contributed by atoms with Crippen molar-refractivity contribution in [3.63, 3.8) is 0 Å². The van der Waals surface area contributed by atoms with Gasteiger partial charge in [-0.3, -0.25) is 0 Å². The highest BCUT2D eigenvalue weighted by molar-refractivity contribution is 5.84. The van der Waals surface area contributed by atoms with Crippen molar-refractivity contribution in [1.82, 2.24) is 0 Å². The number of fused-ring (bicyclic) bond motifs is 1. The van der Waals surface area contributed by atoms with E-state index in [0.717, 1.165) is 6.42 Å². The molecule has 0 aliphatic carbocycles. The van der Waals surface area contributed by atoms with E-state index in [2.05, 4.69) is 70.0 Å². The van der Waals surface area contributed by atoms with E-state index in [-0.39, 0.29) is 0 Å². The van der Waals surface area contributed by atoms with Gasteiger partial charge in [-0.15, -0.1) is 0 Å². The van der Waals surface area contributed by atoms with Crippen LogP contribution in [-0.4, -0.2) is 6.72 Å². The van der Waals surface area contributed by atoms with Gasteiger partial charge in [0, 0.05) is 0 Å². The molecule has 0 spiro atoms. The first-order chi connectivity index (χ1) is 8.70. The largest absolute Gasteiger partial charge is 0.317 e. The van der Waals surface area contributed by atoms with Crippen LogP contribution in [0, 0.1) is 12.3 Å². The van der Waals surface area contributed by atoms with E-state index in [0.29, 0.717) is 0 Å². The third kappa shape index (κ3) is 3.30. The van der Waals surface area contributed by atoms with Crippen LogP contribution >= 0.6 is 0 Å². The zero-order valence-electron chi connectivity index (χ0n) is 11.5. The average Bonchev–Trinajstić information content (AvgIpc) is 2.41. The molecule has 0 saturated carbocycles. The first kappa shape index (κ1) is 14.2. The lowest BCUT2D eigenvalue weighted by molar-refractivity contribution is 1.11. The zero-order valence-corrected chi connectivity index (χ0v) is 11.5. The van der Waals surface area contributed by atoms with Crippen molar-refractivity contribution >= 4 is 17.5 Å². The molecular formula is C17H21N. The van der Waals surface area contributed by atoms with Crippen LogP contribution in [0.5, 0.6) is 0 Å². The molecule has 0 aromatic heterocycles. The lowest BCUT2D eigenvalue weighted by Gasteiger charge is -2.08. The maximum absolute atomic E-state index is 5.50. The SMILES string of the molecule is C/C=C(\C)Cc1cc2ccccc2cc1C.C=N. The smallest absolute Gasteiger partial charge is 0.00671 e. The third-order valence-corrected chi connectivity index (χ3v) is 3.17. The van der Waals surface area contributed by atoms with E-state index in [1.54, 1.807) is 0 Å². The molecule has 0 radical (unpaired) electrons. The molecule has 2 rings (SSSR count). The van der Waals surface area contributed by atoms with Crippen molar-refractivity contribution in [3.05, 3.63) is 59.2 Å². The Kier molecular flexibility index (Phi) is 5.31. The molecule has 94 valence electrons. The van der Waals surface area contributed by atoms with Crippen molar-refractivity contribution in [3.8, 4) is 0 Å².